The van der Waals surface area contributed by atoms with Crippen LogP contribution in [-0.4, -0.2) is 41.5 Å². The predicted molar refractivity (Wildman–Crippen MR) is 146 cm³/mol. The van der Waals surface area contributed by atoms with Crippen molar-refractivity contribution in [1.82, 2.24) is 19.7 Å². The van der Waals surface area contributed by atoms with Gasteiger partial charge in [-0.25, -0.2) is 4.98 Å². The van der Waals surface area contributed by atoms with E-state index < -0.39 is 11.6 Å². The van der Waals surface area contributed by atoms with Crippen molar-refractivity contribution in [3.8, 4) is 21.8 Å². The lowest BCUT2D eigenvalue weighted by Gasteiger charge is -2.13. The third-order valence-electron chi connectivity index (χ3n) is 5.31. The predicted octanol–water partition coefficient (Wildman–Crippen LogP) is 6.28. The molecule has 9 heteroatoms. The maximum Gasteiger partial charge on any atom is 0.307 e. The Bertz CT molecular complexity index is 1560. The number of aryl methyl sites for hydroxylation is 2. The van der Waals surface area contributed by atoms with Gasteiger partial charge >= 0.3 is 5.97 Å². The molecule has 0 atom stereocenters. The highest BCUT2D eigenvalue weighted by atomic mass is 35.5. The number of aliphatic carboxylic acids is 1. The summed E-state index contributed by atoms with van der Waals surface area (Å²) in [7, 11) is 1.89. The summed E-state index contributed by atoms with van der Waals surface area (Å²) in [6.45, 7) is 7.16. The number of halogens is 1. The van der Waals surface area contributed by atoms with Crippen LogP contribution in [0.3, 0.4) is 0 Å². The number of carboxylic acid groups (broad SMARTS) is 1. The van der Waals surface area contributed by atoms with Gasteiger partial charge in [0.25, 0.3) is 0 Å². The Hall–Kier alpha value is -3.33. The van der Waals surface area contributed by atoms with Crippen molar-refractivity contribution >= 4 is 50.0 Å². The summed E-state index contributed by atoms with van der Waals surface area (Å²) in [6.07, 6.45) is 3.45. The Kier molecular flexibility index (Phi) is 7.13. The number of pyridine rings is 1. The molecule has 7 nitrogen and oxygen atoms in total. The van der Waals surface area contributed by atoms with Crippen LogP contribution in [0.4, 0.5) is 0 Å². The Morgan fingerprint density at radius 2 is 1.81 bits per heavy atom. The smallest absolute Gasteiger partial charge is 0.307 e. The lowest BCUT2D eigenvalue weighted by Crippen LogP contribution is -2.10. The Morgan fingerprint density at radius 3 is 2.44 bits per heavy atom. The molecule has 0 bridgehead atoms. The molecule has 0 aliphatic carbocycles. The van der Waals surface area contributed by atoms with Gasteiger partial charge in [-0.05, 0) is 68.7 Å². The molecule has 2 N–H and O–H groups in total. The van der Waals surface area contributed by atoms with Crippen LogP contribution in [0.25, 0.3) is 42.9 Å². The zero-order valence-corrected chi connectivity index (χ0v) is 22.3. The van der Waals surface area contributed by atoms with Crippen LogP contribution in [0.2, 0.25) is 5.02 Å². The Morgan fingerprint density at radius 1 is 1.14 bits per heavy atom. The van der Waals surface area contributed by atoms with Crippen LogP contribution in [0.1, 0.15) is 31.9 Å². The van der Waals surface area contributed by atoms with E-state index in [2.05, 4.69) is 10.1 Å². The lowest BCUT2D eigenvalue weighted by molar-refractivity contribution is -0.136. The SMILES string of the molecule is CC(C)(C)O.Cc1cc2nc(-c3c4cnccc4nn3C)sc2c(-c2ccc(Cl)cc2)c1CC(=O)O. The van der Waals surface area contributed by atoms with Crippen LogP contribution in [0.15, 0.2) is 48.8 Å². The zero-order valence-electron chi connectivity index (χ0n) is 20.7. The molecular formula is C27H27ClN4O3S. The summed E-state index contributed by atoms with van der Waals surface area (Å²) in [5.41, 5.74) is 5.57. The van der Waals surface area contributed by atoms with Gasteiger partial charge < -0.3 is 10.2 Å². The van der Waals surface area contributed by atoms with E-state index in [0.29, 0.717) is 5.02 Å². The largest absolute Gasteiger partial charge is 0.481 e. The quantitative estimate of drug-likeness (QED) is 0.288. The number of hydrogen-bond acceptors (Lipinski definition) is 6. The number of carbonyl (C=O) groups is 1. The first-order valence-electron chi connectivity index (χ1n) is 11.3. The molecule has 0 spiro atoms. The molecule has 3 aromatic heterocycles. The second kappa shape index (κ2) is 9.97. The molecular weight excluding hydrogens is 496 g/mol. The summed E-state index contributed by atoms with van der Waals surface area (Å²) < 4.78 is 2.76. The first-order valence-corrected chi connectivity index (χ1v) is 12.5. The van der Waals surface area contributed by atoms with Crippen LogP contribution in [0, 0.1) is 6.92 Å². The molecule has 5 rings (SSSR count). The normalized spacial score (nSPS) is 11.5. The molecule has 3 heterocycles. The molecule has 0 fully saturated rings. The van der Waals surface area contributed by atoms with Crippen LogP contribution in [0.5, 0.6) is 0 Å². The maximum atomic E-state index is 11.6. The monoisotopic (exact) mass is 522 g/mol. The standard InChI is InChI=1S/C23H17ClN4O2S.C4H10O/c1-12-9-18-22(20(15(12)10-19(29)30)13-3-5-14(24)6-4-13)31-23(26-18)21-16-11-25-8-7-17(16)27-28(21)2;1-4(2,3)5/h3-9,11H,10H2,1-2H3,(H,29,30);5H,1-3H3. The van der Waals surface area contributed by atoms with Gasteiger partial charge in [-0.15, -0.1) is 11.3 Å². The summed E-state index contributed by atoms with van der Waals surface area (Å²) in [4.78, 5) is 20.8. The number of rotatable bonds is 4. The number of fused-ring (bicyclic) bond motifs is 2. The van der Waals surface area contributed by atoms with Gasteiger partial charge in [0.1, 0.15) is 10.7 Å². The minimum atomic E-state index is -0.869. The molecule has 0 aliphatic heterocycles. The molecule has 0 aliphatic rings. The van der Waals surface area contributed by atoms with Gasteiger partial charge in [0.15, 0.2) is 0 Å². The highest BCUT2D eigenvalue weighted by Crippen LogP contribution is 2.42. The molecule has 5 aromatic rings. The van der Waals surface area contributed by atoms with E-state index in [0.717, 1.165) is 54.1 Å². The average molecular weight is 523 g/mol. The van der Waals surface area contributed by atoms with E-state index in [9.17, 15) is 9.90 Å². The maximum absolute atomic E-state index is 11.6. The van der Waals surface area contributed by atoms with Crippen molar-refractivity contribution in [3.63, 3.8) is 0 Å². The van der Waals surface area contributed by atoms with Gasteiger partial charge in [-0.3, -0.25) is 14.5 Å². The lowest BCUT2D eigenvalue weighted by atomic mass is 9.93. The molecule has 0 saturated heterocycles. The number of benzene rings is 2. The molecule has 186 valence electrons. The number of carboxylic acids is 1. The van der Waals surface area contributed by atoms with Crippen molar-refractivity contribution in [2.75, 3.05) is 0 Å². The molecule has 2 aromatic carbocycles. The van der Waals surface area contributed by atoms with E-state index in [-0.39, 0.29) is 6.42 Å². The summed E-state index contributed by atoms with van der Waals surface area (Å²) in [5.74, 6) is -0.869. The van der Waals surface area contributed by atoms with E-state index in [1.54, 1.807) is 33.2 Å². The summed E-state index contributed by atoms with van der Waals surface area (Å²) in [6, 6.07) is 11.3. The van der Waals surface area contributed by atoms with Gasteiger partial charge in [-0.1, -0.05) is 23.7 Å². The van der Waals surface area contributed by atoms with Gasteiger partial charge in [0.05, 0.1) is 27.8 Å². The first-order chi connectivity index (χ1) is 16.9. The van der Waals surface area contributed by atoms with E-state index >= 15 is 0 Å². The second-order valence-corrected chi connectivity index (χ2v) is 11.0. The van der Waals surface area contributed by atoms with E-state index in [4.69, 9.17) is 21.7 Å². The Balaban J connectivity index is 0.000000556. The summed E-state index contributed by atoms with van der Waals surface area (Å²) >= 11 is 7.63. The number of aromatic nitrogens is 4. The first kappa shape index (κ1) is 25.8. The highest BCUT2D eigenvalue weighted by molar-refractivity contribution is 7.22. The second-order valence-electron chi connectivity index (χ2n) is 9.53. The third kappa shape index (κ3) is 5.56. The minimum absolute atomic E-state index is 0.0640. The van der Waals surface area contributed by atoms with Gasteiger partial charge in [-0.2, -0.15) is 5.10 Å². The van der Waals surface area contributed by atoms with Crippen molar-refractivity contribution in [2.45, 2.75) is 39.7 Å². The molecule has 0 radical (unpaired) electrons. The topological polar surface area (TPSA) is 101 Å². The van der Waals surface area contributed by atoms with Gasteiger partial charge in [0.2, 0.25) is 0 Å². The molecule has 0 unspecified atom stereocenters. The minimum Gasteiger partial charge on any atom is -0.481 e. The van der Waals surface area contributed by atoms with Crippen molar-refractivity contribution in [2.24, 2.45) is 7.05 Å². The molecule has 0 saturated carbocycles. The fourth-order valence-corrected chi connectivity index (χ4v) is 5.29. The van der Waals surface area contributed by atoms with Crippen LogP contribution in [-0.2, 0) is 18.3 Å². The fraction of sp³-hybridized carbons (Fsp3) is 0.259. The number of nitrogens with zero attached hydrogens (tertiary/aromatic N) is 4. The third-order valence-corrected chi connectivity index (χ3v) is 6.66. The molecule has 0 amide bonds. The van der Waals surface area contributed by atoms with E-state index in [1.807, 2.05) is 55.1 Å². The summed E-state index contributed by atoms with van der Waals surface area (Å²) in [5, 5.41) is 25.0. The molecule has 36 heavy (non-hydrogen) atoms. The van der Waals surface area contributed by atoms with Crippen LogP contribution >= 0.6 is 22.9 Å². The number of thiazole rings is 1. The zero-order chi connectivity index (χ0) is 26.2. The van der Waals surface area contributed by atoms with E-state index in [1.165, 1.54) is 11.3 Å². The fourth-order valence-electron chi connectivity index (χ4n) is 3.93. The van der Waals surface area contributed by atoms with Crippen molar-refractivity contribution in [1.29, 1.82) is 0 Å². The highest BCUT2D eigenvalue weighted by Gasteiger charge is 2.21. The number of aliphatic hydroxyl groups is 1. The van der Waals surface area contributed by atoms with Crippen molar-refractivity contribution in [3.05, 3.63) is 64.9 Å². The van der Waals surface area contributed by atoms with Crippen LogP contribution < -0.4 is 0 Å². The number of hydrogen-bond donors (Lipinski definition) is 2. The van der Waals surface area contributed by atoms with Gasteiger partial charge in [0, 0.05) is 35.4 Å². The van der Waals surface area contributed by atoms with Crippen molar-refractivity contribution < 1.29 is 15.0 Å². The Labute approximate surface area is 218 Å². The average Bonchev–Trinajstić information content (AvgIpc) is 3.33.